The molecule has 1 aromatic heterocycles. The number of anilines is 4. The molecule has 1 fully saturated rings. The monoisotopic (exact) mass is 404 g/mol. The first-order valence-corrected chi connectivity index (χ1v) is 9.82. The fraction of sp³-hybridized carbons (Fsp3) is 0.227. The van der Waals surface area contributed by atoms with Crippen LogP contribution in [0.25, 0.3) is 0 Å². The van der Waals surface area contributed by atoms with Crippen molar-refractivity contribution in [2.75, 3.05) is 48.8 Å². The van der Waals surface area contributed by atoms with Gasteiger partial charge < -0.3 is 25.2 Å². The highest BCUT2D eigenvalue weighted by atomic mass is 16.5. The normalized spacial score (nSPS) is 13.6. The van der Waals surface area contributed by atoms with Crippen LogP contribution in [0.3, 0.4) is 0 Å². The van der Waals surface area contributed by atoms with E-state index < -0.39 is 0 Å². The summed E-state index contributed by atoms with van der Waals surface area (Å²) in [7, 11) is 1.64. The summed E-state index contributed by atoms with van der Waals surface area (Å²) in [5, 5.41) is 6.21. The van der Waals surface area contributed by atoms with E-state index in [0.717, 1.165) is 17.1 Å². The average molecular weight is 404 g/mol. The summed E-state index contributed by atoms with van der Waals surface area (Å²) in [5.74, 6) is 2.07. The third-order valence-corrected chi connectivity index (χ3v) is 4.89. The number of hydrogen-bond acceptors (Lipinski definition) is 6. The Kier molecular flexibility index (Phi) is 5.93. The third-order valence-electron chi connectivity index (χ3n) is 4.89. The number of nitrogens with one attached hydrogen (secondary N) is 2. The standard InChI is InChI=1S/C22H24N6O2/c1-30-19-10-6-5-9-18(19)25-20-11-12-23-21(26-20)27-13-15-28(16-14-27)22(29)24-17-7-3-2-4-8-17/h2-12H,13-16H2,1H3,(H,24,29)(H,23,25,26). The molecule has 1 saturated heterocycles. The number of ether oxygens (including phenoxy) is 1. The lowest BCUT2D eigenvalue weighted by molar-refractivity contribution is 0.208. The Hall–Kier alpha value is -3.81. The molecule has 1 aliphatic rings. The largest absolute Gasteiger partial charge is 0.495 e. The maximum absolute atomic E-state index is 12.5. The quantitative estimate of drug-likeness (QED) is 0.676. The molecule has 0 unspecified atom stereocenters. The zero-order valence-electron chi connectivity index (χ0n) is 16.8. The molecule has 8 heteroatoms. The average Bonchev–Trinajstić information content (AvgIpc) is 2.80. The number of carbonyl (C=O) groups excluding carboxylic acids is 1. The molecular formula is C22H24N6O2. The molecule has 2 amide bonds. The predicted molar refractivity (Wildman–Crippen MR) is 118 cm³/mol. The van der Waals surface area contributed by atoms with Gasteiger partial charge in [0.05, 0.1) is 12.8 Å². The van der Waals surface area contributed by atoms with Crippen LogP contribution in [0.5, 0.6) is 5.75 Å². The molecule has 0 radical (unpaired) electrons. The highest BCUT2D eigenvalue weighted by Gasteiger charge is 2.23. The highest BCUT2D eigenvalue weighted by Crippen LogP contribution is 2.26. The smallest absolute Gasteiger partial charge is 0.321 e. The Balaban J connectivity index is 1.37. The first-order chi connectivity index (χ1) is 14.7. The van der Waals surface area contributed by atoms with E-state index >= 15 is 0 Å². The molecule has 8 nitrogen and oxygen atoms in total. The van der Waals surface area contributed by atoms with Crippen LogP contribution >= 0.6 is 0 Å². The summed E-state index contributed by atoms with van der Waals surface area (Å²) in [4.78, 5) is 25.4. The Morgan fingerprint density at radius 2 is 1.70 bits per heavy atom. The predicted octanol–water partition coefficient (Wildman–Crippen LogP) is 3.58. The summed E-state index contributed by atoms with van der Waals surface area (Å²) in [6, 6.07) is 18.9. The molecule has 2 heterocycles. The van der Waals surface area contributed by atoms with Crippen molar-refractivity contribution >= 4 is 29.2 Å². The summed E-state index contributed by atoms with van der Waals surface area (Å²) in [5.41, 5.74) is 1.63. The molecule has 0 aliphatic carbocycles. The number of para-hydroxylation sites is 3. The van der Waals surface area contributed by atoms with Crippen molar-refractivity contribution in [3.63, 3.8) is 0 Å². The van der Waals surface area contributed by atoms with Crippen LogP contribution in [0.4, 0.5) is 27.9 Å². The number of methoxy groups -OCH3 is 1. The van der Waals surface area contributed by atoms with Crippen LogP contribution in [-0.2, 0) is 0 Å². The van der Waals surface area contributed by atoms with Crippen molar-refractivity contribution in [1.82, 2.24) is 14.9 Å². The number of benzene rings is 2. The van der Waals surface area contributed by atoms with Gasteiger partial charge in [0.2, 0.25) is 5.95 Å². The maximum Gasteiger partial charge on any atom is 0.321 e. The van der Waals surface area contributed by atoms with Crippen molar-refractivity contribution < 1.29 is 9.53 Å². The number of aromatic nitrogens is 2. The first-order valence-electron chi connectivity index (χ1n) is 9.82. The lowest BCUT2D eigenvalue weighted by Crippen LogP contribution is -2.50. The molecule has 2 N–H and O–H groups in total. The zero-order chi connectivity index (χ0) is 20.8. The van der Waals surface area contributed by atoms with E-state index in [0.29, 0.717) is 37.9 Å². The molecule has 154 valence electrons. The minimum atomic E-state index is -0.0895. The van der Waals surface area contributed by atoms with Crippen LogP contribution in [-0.4, -0.2) is 54.2 Å². The molecule has 2 aromatic carbocycles. The van der Waals surface area contributed by atoms with Crippen molar-refractivity contribution in [2.45, 2.75) is 0 Å². The number of hydrogen-bond donors (Lipinski definition) is 2. The van der Waals surface area contributed by atoms with Gasteiger partial charge in [0.25, 0.3) is 0 Å². The van der Waals surface area contributed by atoms with E-state index in [4.69, 9.17) is 4.74 Å². The molecule has 4 rings (SSSR count). The van der Waals surface area contributed by atoms with Crippen molar-refractivity contribution in [2.24, 2.45) is 0 Å². The number of piperazine rings is 1. The van der Waals surface area contributed by atoms with Gasteiger partial charge >= 0.3 is 6.03 Å². The Bertz CT molecular complexity index is 990. The molecule has 30 heavy (non-hydrogen) atoms. The van der Waals surface area contributed by atoms with E-state index in [2.05, 4.69) is 25.5 Å². The molecule has 0 atom stereocenters. The topological polar surface area (TPSA) is 82.6 Å². The molecule has 1 aliphatic heterocycles. The number of amides is 2. The maximum atomic E-state index is 12.5. The SMILES string of the molecule is COc1ccccc1Nc1ccnc(N2CCN(C(=O)Nc3ccccc3)CC2)n1. The van der Waals surface area contributed by atoms with Crippen LogP contribution in [0.1, 0.15) is 0 Å². The lowest BCUT2D eigenvalue weighted by Gasteiger charge is -2.34. The Labute approximate surface area is 175 Å². The number of rotatable bonds is 5. The van der Waals surface area contributed by atoms with Gasteiger partial charge in [0.1, 0.15) is 11.6 Å². The van der Waals surface area contributed by atoms with E-state index in [9.17, 15) is 4.79 Å². The van der Waals surface area contributed by atoms with Crippen molar-refractivity contribution in [3.8, 4) is 5.75 Å². The number of carbonyl (C=O) groups is 1. The van der Waals surface area contributed by atoms with Gasteiger partial charge in [-0.25, -0.2) is 9.78 Å². The molecule has 3 aromatic rings. The molecule has 0 spiro atoms. The Morgan fingerprint density at radius 1 is 0.967 bits per heavy atom. The molecule has 0 saturated carbocycles. The lowest BCUT2D eigenvalue weighted by atomic mass is 10.3. The zero-order valence-corrected chi connectivity index (χ0v) is 16.8. The van der Waals surface area contributed by atoms with Gasteiger partial charge in [-0.05, 0) is 30.3 Å². The summed E-state index contributed by atoms with van der Waals surface area (Å²) < 4.78 is 5.38. The van der Waals surface area contributed by atoms with E-state index in [1.54, 1.807) is 18.2 Å². The number of nitrogens with zero attached hydrogens (tertiary/aromatic N) is 4. The second-order valence-corrected chi connectivity index (χ2v) is 6.84. The first kappa shape index (κ1) is 19.5. The van der Waals surface area contributed by atoms with Crippen molar-refractivity contribution in [1.29, 1.82) is 0 Å². The van der Waals surface area contributed by atoms with E-state index in [1.807, 2.05) is 60.7 Å². The summed E-state index contributed by atoms with van der Waals surface area (Å²) in [6.45, 7) is 2.54. The van der Waals surface area contributed by atoms with Gasteiger partial charge in [0, 0.05) is 38.1 Å². The summed E-state index contributed by atoms with van der Waals surface area (Å²) in [6.07, 6.45) is 1.73. The van der Waals surface area contributed by atoms with E-state index in [-0.39, 0.29) is 6.03 Å². The van der Waals surface area contributed by atoms with Gasteiger partial charge in [-0.1, -0.05) is 30.3 Å². The highest BCUT2D eigenvalue weighted by molar-refractivity contribution is 5.89. The second kappa shape index (κ2) is 9.13. The fourth-order valence-electron chi connectivity index (χ4n) is 3.29. The number of urea groups is 1. The van der Waals surface area contributed by atoms with Gasteiger partial charge in [-0.3, -0.25) is 0 Å². The minimum absolute atomic E-state index is 0.0895. The van der Waals surface area contributed by atoms with Gasteiger partial charge in [0.15, 0.2) is 0 Å². The van der Waals surface area contributed by atoms with E-state index in [1.165, 1.54) is 0 Å². The Morgan fingerprint density at radius 3 is 2.47 bits per heavy atom. The van der Waals surface area contributed by atoms with Crippen LogP contribution < -0.4 is 20.3 Å². The second-order valence-electron chi connectivity index (χ2n) is 6.84. The van der Waals surface area contributed by atoms with Gasteiger partial charge in [-0.2, -0.15) is 4.98 Å². The summed E-state index contributed by atoms with van der Waals surface area (Å²) >= 11 is 0. The van der Waals surface area contributed by atoms with Crippen LogP contribution in [0, 0.1) is 0 Å². The van der Waals surface area contributed by atoms with Crippen molar-refractivity contribution in [3.05, 3.63) is 66.9 Å². The van der Waals surface area contributed by atoms with Crippen LogP contribution in [0.15, 0.2) is 66.9 Å². The molecular weight excluding hydrogens is 380 g/mol. The van der Waals surface area contributed by atoms with Gasteiger partial charge in [-0.15, -0.1) is 0 Å². The minimum Gasteiger partial charge on any atom is -0.495 e. The van der Waals surface area contributed by atoms with Crippen LogP contribution in [0.2, 0.25) is 0 Å². The fourth-order valence-corrected chi connectivity index (χ4v) is 3.29. The molecule has 0 bridgehead atoms. The third kappa shape index (κ3) is 4.60.